The summed E-state index contributed by atoms with van der Waals surface area (Å²) in [6, 6.07) is 22.3. The molecule has 446 valence electrons. The summed E-state index contributed by atoms with van der Waals surface area (Å²) >= 11 is 0. The number of nitrogens with two attached hydrogens (primary N) is 4. The number of fused-ring (bicyclic) bond motifs is 5. The third-order valence-corrected chi connectivity index (χ3v) is 14.0. The summed E-state index contributed by atoms with van der Waals surface area (Å²) < 4.78 is 48.4. The average Bonchev–Trinajstić information content (AvgIpc) is 2.34. The summed E-state index contributed by atoms with van der Waals surface area (Å²) in [7, 11) is 7.27. The first-order chi connectivity index (χ1) is 42.1. The van der Waals surface area contributed by atoms with E-state index < -0.39 is 5.82 Å². The molecule has 0 unspecified atom stereocenters. The van der Waals surface area contributed by atoms with Gasteiger partial charge in [0.2, 0.25) is 0 Å². The average molecular weight is 1180 g/mol. The summed E-state index contributed by atoms with van der Waals surface area (Å²) in [6.07, 6.45) is 8.52. The molecule has 1 saturated heterocycles. The lowest BCUT2D eigenvalue weighted by molar-refractivity contribution is 0.122. The number of benzene rings is 3. The highest BCUT2D eigenvalue weighted by atomic mass is 19.1. The Balaban J connectivity index is 0.000000120. The topological polar surface area (TPSA) is 341 Å². The number of anilines is 5. The third-order valence-electron chi connectivity index (χ3n) is 14.0. The first-order valence-corrected chi connectivity index (χ1v) is 27.8. The Hall–Kier alpha value is -10.9. The SMILES string of the molecule is CC(C)Oc1cccc(-c2nn(C)c3ncnc(N)c23)c1.CCOc1ccc(-c2nn(C)c3ncnc(N)c23)cc1F.Cn1nc(-c2ccc(N3CCOCC3)nc2)c2c(N)ncnc21.Cn1nc(-c2ccc3c(c2)OCCCO3)c2c(N)ncnc21. The molecule has 8 N–H and O–H groups in total. The van der Waals surface area contributed by atoms with Crippen LogP contribution in [0.4, 0.5) is 33.5 Å². The van der Waals surface area contributed by atoms with Crippen LogP contribution in [0.1, 0.15) is 27.2 Å². The maximum atomic E-state index is 14.0. The maximum absolute atomic E-state index is 14.0. The summed E-state index contributed by atoms with van der Waals surface area (Å²) in [5, 5.41) is 20.8. The molecule has 0 atom stereocenters. The molecule has 2 aliphatic heterocycles. The minimum absolute atomic E-state index is 0.120. The second kappa shape index (κ2) is 25.1. The molecule has 0 spiro atoms. The van der Waals surface area contributed by atoms with Gasteiger partial charge in [-0.2, -0.15) is 20.4 Å². The van der Waals surface area contributed by atoms with E-state index in [4.69, 9.17) is 46.6 Å². The van der Waals surface area contributed by atoms with Crippen molar-refractivity contribution < 1.29 is 28.1 Å². The van der Waals surface area contributed by atoms with Crippen LogP contribution in [0, 0.1) is 5.82 Å². The molecule has 0 bridgehead atoms. The molecule has 11 heterocycles. The number of pyridine rings is 1. The summed E-state index contributed by atoms with van der Waals surface area (Å²) in [5.41, 5.74) is 32.8. The largest absolute Gasteiger partial charge is 0.491 e. The second-order valence-corrected chi connectivity index (χ2v) is 20.2. The number of hydrogen-bond acceptors (Lipinski definition) is 23. The number of ether oxygens (including phenoxy) is 5. The molecule has 28 heteroatoms. The Kier molecular flexibility index (Phi) is 16.7. The Morgan fingerprint density at radius 3 is 1.45 bits per heavy atom. The molecule has 14 rings (SSSR count). The van der Waals surface area contributed by atoms with Crippen molar-refractivity contribution in [2.24, 2.45) is 28.2 Å². The molecule has 2 aliphatic rings. The number of hydrogen-bond donors (Lipinski definition) is 4. The summed E-state index contributed by atoms with van der Waals surface area (Å²) in [4.78, 5) is 39.8. The smallest absolute Gasteiger partial charge is 0.165 e. The molecule has 0 saturated carbocycles. The van der Waals surface area contributed by atoms with Gasteiger partial charge in [0.25, 0.3) is 0 Å². The molecule has 87 heavy (non-hydrogen) atoms. The second-order valence-electron chi connectivity index (χ2n) is 20.2. The van der Waals surface area contributed by atoms with Gasteiger partial charge >= 0.3 is 0 Å². The van der Waals surface area contributed by atoms with Crippen molar-refractivity contribution in [3.8, 4) is 68.0 Å². The van der Waals surface area contributed by atoms with E-state index >= 15 is 0 Å². The van der Waals surface area contributed by atoms with Crippen molar-refractivity contribution in [1.82, 2.24) is 84.0 Å². The zero-order valence-electron chi connectivity index (χ0n) is 48.8. The van der Waals surface area contributed by atoms with E-state index in [-0.39, 0.29) is 11.9 Å². The van der Waals surface area contributed by atoms with E-state index in [2.05, 4.69) is 70.2 Å². The molecule has 1 fully saturated rings. The molecule has 9 aromatic heterocycles. The molecule has 0 radical (unpaired) electrons. The van der Waals surface area contributed by atoms with Crippen molar-refractivity contribution in [2.75, 3.05) is 74.0 Å². The molecule has 12 aromatic rings. The standard InChI is InChI=1S/C15H17N7O.C15H15N5O2.C15H17N5O.C14H14FN5O/c1-21-15-12(14(16)18-9-19-15)13(20-21)10-2-3-11(17-8-10)22-4-6-23-7-5-22;1-20-15-12(14(16)17-8-18-15)13(19-20)9-3-4-10-11(7-9)22-6-2-5-21-10;1-9(2)21-11-6-4-5-10(7-11)13-12-14(16)17-8-18-15(12)20(3)19-13;1-3-21-10-5-4-8(6-9(10)15)12-11-13(16)17-7-18-14(11)20(2)19-12/h2-3,8-9H,4-7H2,1H3,(H2,16,18,19);3-4,7-8H,2,5-6H2,1H3,(H2,16,17,18);4-9H,1-3H3,(H2,16,17,18);4-7H,3H2,1-2H3,(H2,16,17,18). The minimum Gasteiger partial charge on any atom is -0.491 e. The van der Waals surface area contributed by atoms with Gasteiger partial charge in [-0.25, -0.2) is 68.0 Å². The molecular formula is C59H63FN22O5. The number of halogens is 1. The molecule has 0 aliphatic carbocycles. The van der Waals surface area contributed by atoms with Crippen molar-refractivity contribution in [3.63, 3.8) is 0 Å². The number of morpholine rings is 1. The summed E-state index contributed by atoms with van der Waals surface area (Å²) in [5.74, 6) is 4.59. The normalized spacial score (nSPS) is 13.0. The van der Waals surface area contributed by atoms with Crippen LogP contribution in [0.5, 0.6) is 23.0 Å². The predicted molar refractivity (Wildman–Crippen MR) is 328 cm³/mol. The van der Waals surface area contributed by atoms with Crippen LogP contribution in [0.3, 0.4) is 0 Å². The number of aryl methyl sites for hydroxylation is 4. The first kappa shape index (κ1) is 57.9. The molecule has 3 aromatic carbocycles. The van der Waals surface area contributed by atoms with Crippen LogP contribution in [-0.4, -0.2) is 136 Å². The fourth-order valence-electron chi connectivity index (χ4n) is 9.97. The Bertz CT molecular complexity index is 4430. The highest BCUT2D eigenvalue weighted by Crippen LogP contribution is 2.38. The van der Waals surface area contributed by atoms with Crippen LogP contribution in [0.2, 0.25) is 0 Å². The van der Waals surface area contributed by atoms with E-state index in [9.17, 15) is 4.39 Å². The zero-order chi connectivity index (χ0) is 60.9. The van der Waals surface area contributed by atoms with Crippen LogP contribution >= 0.6 is 0 Å². The number of nitrogen functional groups attached to an aromatic ring is 4. The fourth-order valence-corrected chi connectivity index (χ4v) is 9.97. The van der Waals surface area contributed by atoms with Crippen LogP contribution in [-0.2, 0) is 32.9 Å². The lowest BCUT2D eigenvalue weighted by Gasteiger charge is -2.27. The first-order valence-electron chi connectivity index (χ1n) is 27.8. The van der Waals surface area contributed by atoms with Gasteiger partial charge in [-0.1, -0.05) is 12.1 Å². The molecular weight excluding hydrogens is 1120 g/mol. The van der Waals surface area contributed by atoms with Crippen molar-refractivity contribution in [1.29, 1.82) is 0 Å². The molecule has 0 amide bonds. The number of rotatable bonds is 9. The Morgan fingerprint density at radius 2 is 0.977 bits per heavy atom. The van der Waals surface area contributed by atoms with Crippen molar-refractivity contribution in [2.45, 2.75) is 33.3 Å². The van der Waals surface area contributed by atoms with Gasteiger partial charge < -0.3 is 51.5 Å². The lowest BCUT2D eigenvalue weighted by Crippen LogP contribution is -2.36. The van der Waals surface area contributed by atoms with Gasteiger partial charge in [-0.3, -0.25) is 0 Å². The Labute approximate surface area is 497 Å². The fraction of sp³-hybridized carbons (Fsp3) is 0.271. The van der Waals surface area contributed by atoms with E-state index in [0.717, 1.165) is 106 Å². The highest BCUT2D eigenvalue weighted by molar-refractivity contribution is 6.01. The third kappa shape index (κ3) is 12.1. The lowest BCUT2D eigenvalue weighted by atomic mass is 10.1. The van der Waals surface area contributed by atoms with Crippen molar-refractivity contribution in [3.05, 3.63) is 110 Å². The highest BCUT2D eigenvalue weighted by Gasteiger charge is 2.22. The monoisotopic (exact) mass is 1180 g/mol. The van der Waals surface area contributed by atoms with Crippen LogP contribution in [0.25, 0.3) is 89.2 Å². The minimum atomic E-state index is -0.441. The van der Waals surface area contributed by atoms with E-state index in [1.807, 2.05) is 95.8 Å². The van der Waals surface area contributed by atoms with Gasteiger partial charge in [0.05, 0.1) is 60.7 Å². The van der Waals surface area contributed by atoms with Gasteiger partial charge in [0.1, 0.15) is 82.9 Å². The number of aromatic nitrogens is 17. The van der Waals surface area contributed by atoms with E-state index in [1.165, 1.54) is 31.4 Å². The van der Waals surface area contributed by atoms with E-state index in [0.29, 0.717) is 82.3 Å². The van der Waals surface area contributed by atoms with Gasteiger partial charge in [0.15, 0.2) is 45.7 Å². The predicted octanol–water partition coefficient (Wildman–Crippen LogP) is 7.17. The van der Waals surface area contributed by atoms with Crippen LogP contribution < -0.4 is 46.8 Å². The molecule has 27 nitrogen and oxygen atoms in total. The zero-order valence-corrected chi connectivity index (χ0v) is 48.8. The Morgan fingerprint density at radius 1 is 0.517 bits per heavy atom. The maximum Gasteiger partial charge on any atom is 0.165 e. The van der Waals surface area contributed by atoms with E-state index in [1.54, 1.807) is 44.8 Å². The summed E-state index contributed by atoms with van der Waals surface area (Å²) in [6.45, 7) is 10.7. The van der Waals surface area contributed by atoms with Crippen molar-refractivity contribution >= 4 is 73.2 Å². The van der Waals surface area contributed by atoms with Gasteiger partial charge in [-0.15, -0.1) is 0 Å². The van der Waals surface area contributed by atoms with Gasteiger partial charge in [-0.05, 0) is 81.4 Å². The van der Waals surface area contributed by atoms with Gasteiger partial charge in [0, 0.05) is 76.2 Å². The van der Waals surface area contributed by atoms with Crippen LogP contribution in [0.15, 0.2) is 104 Å². The quantitative estimate of drug-likeness (QED) is 0.111. The number of nitrogens with zero attached hydrogens (tertiary/aromatic N) is 18.